The van der Waals surface area contributed by atoms with Crippen LogP contribution in [0.15, 0.2) is 12.1 Å². The Hall–Kier alpha value is -1.73. The van der Waals surface area contributed by atoms with E-state index in [-0.39, 0.29) is 11.9 Å². The van der Waals surface area contributed by atoms with Gasteiger partial charge in [0, 0.05) is 19.6 Å². The fourth-order valence-electron chi connectivity index (χ4n) is 2.33. The predicted octanol–water partition coefficient (Wildman–Crippen LogP) is -0.0716. The van der Waals surface area contributed by atoms with E-state index in [1.165, 1.54) is 0 Å². The number of carbonyl (C=O) groups excluding carboxylic acids is 1. The molecule has 1 aliphatic heterocycles. The molecule has 1 aliphatic rings. The second kappa shape index (κ2) is 5.94. The minimum atomic E-state index is -0.101. The van der Waals surface area contributed by atoms with Gasteiger partial charge in [-0.15, -0.1) is 10.2 Å². The number of nitrogens with one attached hydrogen (secondary N) is 1. The molecule has 0 spiro atoms. The van der Waals surface area contributed by atoms with Gasteiger partial charge in [-0.25, -0.2) is 5.84 Å². The maximum atomic E-state index is 12.3. The van der Waals surface area contributed by atoms with E-state index in [1.54, 1.807) is 17.0 Å². The van der Waals surface area contributed by atoms with Crippen molar-refractivity contribution in [3.63, 3.8) is 0 Å². The van der Waals surface area contributed by atoms with E-state index < -0.39 is 0 Å². The van der Waals surface area contributed by atoms with Crippen LogP contribution in [0.1, 0.15) is 23.3 Å². The fraction of sp³-hybridized carbons (Fsp3) is 0.583. The molecule has 1 aromatic rings. The molecular weight excluding hydrogens is 244 g/mol. The lowest BCUT2D eigenvalue weighted by molar-refractivity contribution is 0.0637. The summed E-state index contributed by atoms with van der Waals surface area (Å²) in [7, 11) is 3.90. The molecule has 1 saturated heterocycles. The Morgan fingerprint density at radius 3 is 2.89 bits per heavy atom. The molecule has 0 aliphatic carbocycles. The normalized spacial score (nSPS) is 20.1. The minimum Gasteiger partial charge on any atom is -0.336 e. The third kappa shape index (κ3) is 3.18. The number of hydrogen-bond donors (Lipinski definition) is 2. The highest BCUT2D eigenvalue weighted by molar-refractivity contribution is 5.92. The molecule has 1 aromatic heterocycles. The van der Waals surface area contributed by atoms with Gasteiger partial charge in [0.15, 0.2) is 11.5 Å². The van der Waals surface area contributed by atoms with Crippen LogP contribution in [0.4, 0.5) is 5.82 Å². The van der Waals surface area contributed by atoms with Crippen molar-refractivity contribution in [2.45, 2.75) is 18.9 Å². The molecule has 3 N–H and O–H groups in total. The summed E-state index contributed by atoms with van der Waals surface area (Å²) in [5.74, 6) is 5.56. The molecule has 0 saturated carbocycles. The van der Waals surface area contributed by atoms with Gasteiger partial charge >= 0.3 is 0 Å². The number of anilines is 1. The van der Waals surface area contributed by atoms with Gasteiger partial charge in [-0.2, -0.15) is 0 Å². The standard InChI is InChI=1S/C12H20N6O/c1-17-7-3-4-9(8-17)18(2)12(19)10-5-6-11(14-13)16-15-10/h5-6,9H,3-4,7-8,13H2,1-2H3,(H,14,16). The highest BCUT2D eigenvalue weighted by atomic mass is 16.2. The number of likely N-dealkylation sites (N-methyl/N-ethyl adjacent to an activating group) is 2. The number of aromatic nitrogens is 2. The number of nitrogen functional groups attached to an aromatic ring is 1. The summed E-state index contributed by atoms with van der Waals surface area (Å²) in [5, 5.41) is 7.70. The third-order valence-corrected chi connectivity index (χ3v) is 3.50. The van der Waals surface area contributed by atoms with Crippen molar-refractivity contribution < 1.29 is 4.79 Å². The van der Waals surface area contributed by atoms with Crippen molar-refractivity contribution >= 4 is 11.7 Å². The number of rotatable bonds is 3. The first-order valence-electron chi connectivity index (χ1n) is 6.38. The summed E-state index contributed by atoms with van der Waals surface area (Å²) in [6.07, 6.45) is 2.14. The van der Waals surface area contributed by atoms with Gasteiger partial charge in [0.1, 0.15) is 0 Å². The Labute approximate surface area is 112 Å². The molecule has 7 heteroatoms. The van der Waals surface area contributed by atoms with Crippen molar-refractivity contribution in [3.8, 4) is 0 Å². The van der Waals surface area contributed by atoms with E-state index in [9.17, 15) is 4.79 Å². The lowest BCUT2D eigenvalue weighted by Gasteiger charge is -2.35. The van der Waals surface area contributed by atoms with Gasteiger partial charge in [-0.1, -0.05) is 0 Å². The topological polar surface area (TPSA) is 87.4 Å². The van der Waals surface area contributed by atoms with Gasteiger partial charge in [0.2, 0.25) is 0 Å². The van der Waals surface area contributed by atoms with E-state index in [0.717, 1.165) is 25.9 Å². The highest BCUT2D eigenvalue weighted by Crippen LogP contribution is 2.15. The SMILES string of the molecule is CN1CCCC(N(C)C(=O)c2ccc(NN)nn2)C1. The molecule has 2 rings (SSSR count). The first-order chi connectivity index (χ1) is 9.11. The summed E-state index contributed by atoms with van der Waals surface area (Å²) >= 11 is 0. The second-order valence-corrected chi connectivity index (χ2v) is 4.92. The smallest absolute Gasteiger partial charge is 0.274 e. The van der Waals surface area contributed by atoms with E-state index >= 15 is 0 Å². The molecule has 19 heavy (non-hydrogen) atoms. The zero-order chi connectivity index (χ0) is 13.8. The lowest BCUT2D eigenvalue weighted by Crippen LogP contribution is -2.47. The Morgan fingerprint density at radius 1 is 1.53 bits per heavy atom. The van der Waals surface area contributed by atoms with Crippen LogP contribution in [0.5, 0.6) is 0 Å². The number of piperidine rings is 1. The minimum absolute atomic E-state index is 0.101. The molecule has 0 radical (unpaired) electrons. The van der Waals surface area contributed by atoms with Crippen LogP contribution in [-0.2, 0) is 0 Å². The predicted molar refractivity (Wildman–Crippen MR) is 72.5 cm³/mol. The first kappa shape index (κ1) is 13.7. The Kier molecular flexibility index (Phi) is 4.28. The Bertz CT molecular complexity index is 434. The second-order valence-electron chi connectivity index (χ2n) is 4.92. The van der Waals surface area contributed by atoms with Gasteiger partial charge in [-0.05, 0) is 38.6 Å². The summed E-state index contributed by atoms with van der Waals surface area (Å²) in [6.45, 7) is 1.99. The van der Waals surface area contributed by atoms with Crippen molar-refractivity contribution in [1.82, 2.24) is 20.0 Å². The Morgan fingerprint density at radius 2 is 2.32 bits per heavy atom. The van der Waals surface area contributed by atoms with Crippen LogP contribution in [-0.4, -0.2) is 59.1 Å². The largest absolute Gasteiger partial charge is 0.336 e. The molecule has 104 valence electrons. The zero-order valence-corrected chi connectivity index (χ0v) is 11.3. The van der Waals surface area contributed by atoms with Crippen molar-refractivity contribution in [2.75, 3.05) is 32.6 Å². The van der Waals surface area contributed by atoms with E-state index in [2.05, 4.69) is 27.6 Å². The molecule has 0 bridgehead atoms. The van der Waals surface area contributed by atoms with Gasteiger partial charge in [-0.3, -0.25) is 4.79 Å². The van der Waals surface area contributed by atoms with E-state index in [0.29, 0.717) is 11.5 Å². The number of carbonyl (C=O) groups is 1. The van der Waals surface area contributed by atoms with Gasteiger partial charge < -0.3 is 15.2 Å². The van der Waals surface area contributed by atoms with E-state index in [1.807, 2.05) is 7.05 Å². The molecule has 7 nitrogen and oxygen atoms in total. The Balaban J connectivity index is 2.05. The van der Waals surface area contributed by atoms with Crippen LogP contribution < -0.4 is 11.3 Å². The van der Waals surface area contributed by atoms with Crippen LogP contribution in [0.3, 0.4) is 0 Å². The zero-order valence-electron chi connectivity index (χ0n) is 11.3. The van der Waals surface area contributed by atoms with Crippen molar-refractivity contribution in [2.24, 2.45) is 5.84 Å². The number of hydrogen-bond acceptors (Lipinski definition) is 6. The monoisotopic (exact) mass is 264 g/mol. The van der Waals surface area contributed by atoms with Crippen molar-refractivity contribution in [1.29, 1.82) is 0 Å². The number of hydrazine groups is 1. The maximum Gasteiger partial charge on any atom is 0.274 e. The molecule has 2 heterocycles. The van der Waals surface area contributed by atoms with Gasteiger partial charge in [0.05, 0.1) is 0 Å². The molecule has 1 amide bonds. The van der Waals surface area contributed by atoms with E-state index in [4.69, 9.17) is 5.84 Å². The lowest BCUT2D eigenvalue weighted by atomic mass is 10.0. The number of amides is 1. The number of nitrogens with two attached hydrogens (primary N) is 1. The molecule has 0 aromatic carbocycles. The average molecular weight is 264 g/mol. The highest BCUT2D eigenvalue weighted by Gasteiger charge is 2.25. The van der Waals surface area contributed by atoms with Crippen LogP contribution in [0, 0.1) is 0 Å². The fourth-order valence-corrected chi connectivity index (χ4v) is 2.33. The summed E-state index contributed by atoms with van der Waals surface area (Å²) in [6, 6.07) is 3.51. The van der Waals surface area contributed by atoms with Crippen LogP contribution >= 0.6 is 0 Å². The quantitative estimate of drug-likeness (QED) is 0.587. The van der Waals surface area contributed by atoms with Crippen molar-refractivity contribution in [3.05, 3.63) is 17.8 Å². The molecule has 1 atom stereocenters. The number of likely N-dealkylation sites (tertiary alicyclic amines) is 1. The maximum absolute atomic E-state index is 12.3. The summed E-state index contributed by atoms with van der Waals surface area (Å²) in [4.78, 5) is 16.3. The van der Waals surface area contributed by atoms with Crippen LogP contribution in [0.2, 0.25) is 0 Å². The average Bonchev–Trinajstić information content (AvgIpc) is 2.46. The molecular formula is C12H20N6O. The first-order valence-corrected chi connectivity index (χ1v) is 6.38. The summed E-state index contributed by atoms with van der Waals surface area (Å²) in [5.41, 5.74) is 2.73. The molecule has 1 unspecified atom stereocenters. The molecule has 1 fully saturated rings. The van der Waals surface area contributed by atoms with Crippen LogP contribution in [0.25, 0.3) is 0 Å². The summed E-state index contributed by atoms with van der Waals surface area (Å²) < 4.78 is 0. The number of nitrogens with zero attached hydrogens (tertiary/aromatic N) is 4. The third-order valence-electron chi connectivity index (χ3n) is 3.50. The van der Waals surface area contributed by atoms with Gasteiger partial charge in [0.25, 0.3) is 5.91 Å².